The van der Waals surface area contributed by atoms with Crippen molar-refractivity contribution in [2.75, 3.05) is 0 Å². The van der Waals surface area contributed by atoms with Gasteiger partial charge in [0.15, 0.2) is 0 Å². The first-order valence-corrected chi connectivity index (χ1v) is 11.4. The number of nitrogens with one attached hydrogen (secondary N) is 1. The number of carboxylic acid groups (broad SMARTS) is 1. The lowest BCUT2D eigenvalue weighted by Crippen LogP contribution is -2.49. The smallest absolute Gasteiger partial charge is 0.326 e. The molecule has 0 radical (unpaired) electrons. The monoisotopic (exact) mass is 422 g/mol. The van der Waals surface area contributed by atoms with Crippen LogP contribution >= 0.6 is 23.1 Å². The molecule has 2 amide bonds. The summed E-state index contributed by atoms with van der Waals surface area (Å²) in [6, 6.07) is -1.13. The number of H-pyrrole nitrogens is 1. The van der Waals surface area contributed by atoms with Crippen LogP contribution in [0.2, 0.25) is 0 Å². The molecular formula is C19H22N2O5S2. The van der Waals surface area contributed by atoms with E-state index in [9.17, 15) is 24.3 Å². The largest absolute Gasteiger partial charge is 0.480 e. The number of nitrogens with zero attached hydrogens (tertiary/aromatic N) is 1. The van der Waals surface area contributed by atoms with Gasteiger partial charge in [0.25, 0.3) is 0 Å². The molecule has 3 heterocycles. The number of carboxylic acids is 1. The summed E-state index contributed by atoms with van der Waals surface area (Å²) in [5, 5.41) is 10.4. The summed E-state index contributed by atoms with van der Waals surface area (Å²) in [4.78, 5) is 54.6. The van der Waals surface area contributed by atoms with Crippen LogP contribution in [0.25, 0.3) is 0 Å². The van der Waals surface area contributed by atoms with E-state index in [1.54, 1.807) is 11.8 Å². The number of carbonyl (C=O) groups is 3. The Hall–Kier alpha value is -1.61. The zero-order chi connectivity index (χ0) is 20.1. The first-order chi connectivity index (χ1) is 13.2. The fraction of sp³-hybridized carbons (Fsp3) is 0.684. The fourth-order valence-corrected chi connectivity index (χ4v) is 9.60. The molecule has 2 N–H and O–H groups in total. The predicted octanol–water partition coefficient (Wildman–Crippen LogP) is 1.92. The average Bonchev–Trinajstić information content (AvgIpc) is 3.36. The van der Waals surface area contributed by atoms with Gasteiger partial charge in [0.2, 0.25) is 11.8 Å². The number of hydrogen-bond donors (Lipinski definition) is 2. The summed E-state index contributed by atoms with van der Waals surface area (Å²) < 4.78 is 0. The molecule has 3 fully saturated rings. The normalized spacial score (nSPS) is 41.8. The molecule has 2 aliphatic carbocycles. The SMILES string of the molecule is CC[C@]1(C)c2sc(=O)[nH]c2S[C@H]2[C@@H]3C[C@@H]([C@@H]4C(=O)N([C@@H](C)C(=O)O)C(=O)[C@@H]34)[C@@H]21. The molecular weight excluding hydrogens is 400 g/mol. The molecule has 5 rings (SSSR count). The number of imide groups is 1. The van der Waals surface area contributed by atoms with Gasteiger partial charge in [-0.05, 0) is 37.5 Å². The van der Waals surface area contributed by atoms with Gasteiger partial charge in [0.05, 0.1) is 16.9 Å². The van der Waals surface area contributed by atoms with Crippen LogP contribution in [0.1, 0.15) is 38.5 Å². The highest BCUT2D eigenvalue weighted by Gasteiger charge is 2.71. The molecule has 2 aliphatic heterocycles. The van der Waals surface area contributed by atoms with Crippen molar-refractivity contribution >= 4 is 40.9 Å². The molecule has 0 spiro atoms. The number of aromatic nitrogens is 1. The van der Waals surface area contributed by atoms with E-state index < -0.39 is 23.8 Å². The lowest BCUT2D eigenvalue weighted by molar-refractivity contribution is -0.154. The molecule has 28 heavy (non-hydrogen) atoms. The van der Waals surface area contributed by atoms with Crippen molar-refractivity contribution in [3.63, 3.8) is 0 Å². The zero-order valence-electron chi connectivity index (χ0n) is 15.8. The van der Waals surface area contributed by atoms with Gasteiger partial charge in [-0.15, -0.1) is 11.8 Å². The fourth-order valence-electron chi connectivity index (χ4n) is 6.41. The minimum Gasteiger partial charge on any atom is -0.480 e. The van der Waals surface area contributed by atoms with Crippen LogP contribution in [0.3, 0.4) is 0 Å². The lowest BCUT2D eigenvalue weighted by atomic mass is 9.62. The van der Waals surface area contributed by atoms with Gasteiger partial charge >= 0.3 is 10.8 Å². The van der Waals surface area contributed by atoms with Crippen molar-refractivity contribution in [3.05, 3.63) is 14.5 Å². The van der Waals surface area contributed by atoms with E-state index in [0.717, 1.165) is 27.6 Å². The van der Waals surface area contributed by atoms with E-state index in [0.29, 0.717) is 0 Å². The maximum Gasteiger partial charge on any atom is 0.326 e. The number of fused-ring (bicyclic) bond motifs is 9. The van der Waals surface area contributed by atoms with Crippen molar-refractivity contribution < 1.29 is 19.5 Å². The Labute approximate surface area is 169 Å². The molecule has 2 bridgehead atoms. The van der Waals surface area contributed by atoms with Crippen LogP contribution in [0.15, 0.2) is 9.82 Å². The summed E-state index contributed by atoms with van der Waals surface area (Å²) in [5.74, 6) is -2.29. The second kappa shape index (κ2) is 5.72. The topological polar surface area (TPSA) is 108 Å². The number of likely N-dealkylation sites (tertiary alicyclic amines) is 1. The number of aliphatic carboxylic acids is 1. The Kier molecular flexibility index (Phi) is 3.76. The lowest BCUT2D eigenvalue weighted by Gasteiger charge is -2.48. The van der Waals surface area contributed by atoms with Crippen molar-refractivity contribution in [2.24, 2.45) is 29.6 Å². The van der Waals surface area contributed by atoms with Gasteiger partial charge in [-0.25, -0.2) is 4.79 Å². The van der Waals surface area contributed by atoms with Crippen molar-refractivity contribution in [1.29, 1.82) is 0 Å². The molecule has 9 heteroatoms. The van der Waals surface area contributed by atoms with Gasteiger partial charge in [-0.2, -0.15) is 0 Å². The van der Waals surface area contributed by atoms with Crippen LogP contribution in [0.5, 0.6) is 0 Å². The molecule has 4 aliphatic rings. The second-order valence-electron chi connectivity index (χ2n) is 8.73. The third kappa shape index (κ3) is 2.01. The third-order valence-electron chi connectivity index (χ3n) is 7.74. The summed E-state index contributed by atoms with van der Waals surface area (Å²) in [6.07, 6.45) is 1.69. The maximum atomic E-state index is 13.1. The summed E-state index contributed by atoms with van der Waals surface area (Å²) >= 11 is 2.92. The minimum absolute atomic E-state index is 0.0508. The summed E-state index contributed by atoms with van der Waals surface area (Å²) in [7, 11) is 0. The van der Waals surface area contributed by atoms with Crippen LogP contribution < -0.4 is 4.87 Å². The van der Waals surface area contributed by atoms with E-state index in [4.69, 9.17) is 0 Å². The second-order valence-corrected chi connectivity index (χ2v) is 10.9. The molecule has 1 aromatic rings. The highest BCUT2D eigenvalue weighted by atomic mass is 32.2. The number of thioether (sulfide) groups is 1. The molecule has 8 atom stereocenters. The molecule has 0 aromatic carbocycles. The van der Waals surface area contributed by atoms with E-state index >= 15 is 0 Å². The highest BCUT2D eigenvalue weighted by molar-refractivity contribution is 8.00. The Morgan fingerprint density at radius 1 is 1.29 bits per heavy atom. The number of amides is 2. The Morgan fingerprint density at radius 2 is 1.93 bits per heavy atom. The van der Waals surface area contributed by atoms with E-state index in [1.807, 2.05) is 0 Å². The predicted molar refractivity (Wildman–Crippen MR) is 103 cm³/mol. The van der Waals surface area contributed by atoms with E-state index in [1.165, 1.54) is 18.3 Å². The molecule has 7 nitrogen and oxygen atoms in total. The van der Waals surface area contributed by atoms with Crippen molar-refractivity contribution in [2.45, 2.75) is 55.3 Å². The number of aromatic amines is 1. The Balaban J connectivity index is 1.59. The van der Waals surface area contributed by atoms with Gasteiger partial charge in [0.1, 0.15) is 6.04 Å². The van der Waals surface area contributed by atoms with Gasteiger partial charge in [0, 0.05) is 15.5 Å². The van der Waals surface area contributed by atoms with Crippen LogP contribution in [0, 0.1) is 29.6 Å². The third-order valence-corrected chi connectivity index (χ3v) is 10.5. The number of carbonyl (C=O) groups excluding carboxylic acids is 2. The number of thiazole rings is 1. The standard InChI is InChI=1S/C19H22N2O5S2/c1-4-19(3)11-7-5-8(12(11)27-14-13(19)28-18(26)20-14)10-9(7)15(22)21(16(10)23)6(2)17(24)25/h6-12H,4-5H2,1-3H3,(H,20,26)(H,24,25)/t6-,7-,8+,9-,10-,11-,12-,19-/m0/s1. The summed E-state index contributed by atoms with van der Waals surface area (Å²) in [5.41, 5.74) is -0.214. The van der Waals surface area contributed by atoms with Gasteiger partial charge < -0.3 is 10.1 Å². The van der Waals surface area contributed by atoms with Crippen LogP contribution in [-0.4, -0.2) is 44.1 Å². The Bertz CT molecular complexity index is 970. The Morgan fingerprint density at radius 3 is 2.54 bits per heavy atom. The maximum absolute atomic E-state index is 13.1. The van der Waals surface area contributed by atoms with Crippen LogP contribution in [-0.2, 0) is 19.8 Å². The number of rotatable bonds is 3. The first kappa shape index (κ1) is 18.4. The zero-order valence-corrected chi connectivity index (χ0v) is 17.4. The summed E-state index contributed by atoms with van der Waals surface area (Å²) in [6.45, 7) is 5.70. The van der Waals surface area contributed by atoms with Gasteiger partial charge in [-0.1, -0.05) is 25.2 Å². The minimum atomic E-state index is -1.15. The van der Waals surface area contributed by atoms with Gasteiger partial charge in [-0.3, -0.25) is 19.3 Å². The molecule has 1 saturated heterocycles. The molecule has 2 saturated carbocycles. The van der Waals surface area contributed by atoms with E-state index in [-0.39, 0.29) is 45.1 Å². The molecule has 150 valence electrons. The number of hydrogen-bond acceptors (Lipinski definition) is 6. The first-order valence-electron chi connectivity index (χ1n) is 9.70. The molecule has 1 aromatic heterocycles. The van der Waals surface area contributed by atoms with E-state index in [2.05, 4.69) is 18.8 Å². The van der Waals surface area contributed by atoms with Crippen LogP contribution in [0.4, 0.5) is 0 Å². The van der Waals surface area contributed by atoms with Crippen molar-refractivity contribution in [1.82, 2.24) is 9.88 Å². The quantitative estimate of drug-likeness (QED) is 0.721. The average molecular weight is 423 g/mol. The highest BCUT2D eigenvalue weighted by Crippen LogP contribution is 2.69. The van der Waals surface area contributed by atoms with Crippen molar-refractivity contribution in [3.8, 4) is 0 Å². The molecule has 0 unspecified atom stereocenters.